The first-order chi connectivity index (χ1) is 10.3. The smallest absolute Gasteiger partial charge is 0.163 e. The van der Waals surface area contributed by atoms with Gasteiger partial charge in [-0.3, -0.25) is 9.78 Å². The monoisotopic (exact) mass is 281 g/mol. The van der Waals surface area contributed by atoms with E-state index in [4.69, 9.17) is 4.74 Å². The van der Waals surface area contributed by atoms with Crippen LogP contribution in [0.3, 0.4) is 0 Å². The first-order valence-electron chi connectivity index (χ1n) is 7.41. The molecule has 3 rings (SSSR count). The van der Waals surface area contributed by atoms with Crippen LogP contribution in [0, 0.1) is 0 Å². The maximum absolute atomic E-state index is 12.1. The number of rotatable bonds is 4. The van der Waals surface area contributed by atoms with Gasteiger partial charge in [-0.15, -0.1) is 0 Å². The van der Waals surface area contributed by atoms with Crippen LogP contribution in [-0.4, -0.2) is 17.9 Å². The Kier molecular flexibility index (Phi) is 4.00. The molecular formula is C18H19NO2. The minimum atomic E-state index is 0.262. The second-order valence-corrected chi connectivity index (χ2v) is 5.37. The van der Waals surface area contributed by atoms with E-state index in [1.165, 1.54) is 11.1 Å². The summed E-state index contributed by atoms with van der Waals surface area (Å²) in [7, 11) is 1.69. The predicted molar refractivity (Wildman–Crippen MR) is 81.9 cm³/mol. The van der Waals surface area contributed by atoms with E-state index in [1.54, 1.807) is 7.11 Å². The number of ether oxygens (including phenoxy) is 1. The third-order valence-electron chi connectivity index (χ3n) is 4.10. The molecule has 0 spiro atoms. The van der Waals surface area contributed by atoms with Gasteiger partial charge in [-0.2, -0.15) is 0 Å². The van der Waals surface area contributed by atoms with Gasteiger partial charge in [0.15, 0.2) is 5.78 Å². The fraction of sp³-hybridized carbons (Fsp3) is 0.333. The minimum Gasteiger partial charge on any atom is -0.496 e. The zero-order valence-electron chi connectivity index (χ0n) is 12.3. The number of aromatic nitrogens is 1. The summed E-state index contributed by atoms with van der Waals surface area (Å²) >= 11 is 0. The molecule has 0 radical (unpaired) electrons. The molecule has 0 saturated heterocycles. The average Bonchev–Trinajstić information content (AvgIpc) is 2.54. The molecule has 0 aliphatic heterocycles. The SMILES string of the molecule is COc1ccc2c(c1CCc1ccccn1)CCCC2=O. The van der Waals surface area contributed by atoms with Gasteiger partial charge in [-0.25, -0.2) is 0 Å². The van der Waals surface area contributed by atoms with Gasteiger partial charge in [0.2, 0.25) is 0 Å². The van der Waals surface area contributed by atoms with Crippen molar-refractivity contribution in [3.8, 4) is 5.75 Å². The minimum absolute atomic E-state index is 0.262. The second kappa shape index (κ2) is 6.08. The van der Waals surface area contributed by atoms with Crippen LogP contribution in [0.2, 0.25) is 0 Å². The molecule has 0 atom stereocenters. The quantitative estimate of drug-likeness (QED) is 0.862. The van der Waals surface area contributed by atoms with Crippen LogP contribution in [0.1, 0.15) is 40.0 Å². The lowest BCUT2D eigenvalue weighted by Gasteiger charge is -2.21. The van der Waals surface area contributed by atoms with E-state index < -0.39 is 0 Å². The Morgan fingerprint density at radius 1 is 1.14 bits per heavy atom. The lowest BCUT2D eigenvalue weighted by molar-refractivity contribution is 0.0972. The summed E-state index contributed by atoms with van der Waals surface area (Å²) in [5, 5.41) is 0. The third kappa shape index (κ3) is 2.82. The molecular weight excluding hydrogens is 262 g/mol. The summed E-state index contributed by atoms with van der Waals surface area (Å²) in [4.78, 5) is 16.4. The number of nitrogens with zero attached hydrogens (tertiary/aromatic N) is 1. The molecule has 3 heteroatoms. The molecule has 1 aliphatic carbocycles. The van der Waals surface area contributed by atoms with Gasteiger partial charge in [-0.1, -0.05) is 6.07 Å². The summed E-state index contributed by atoms with van der Waals surface area (Å²) in [6.45, 7) is 0. The highest BCUT2D eigenvalue weighted by Crippen LogP contribution is 2.32. The van der Waals surface area contributed by atoms with Crippen LogP contribution in [0.15, 0.2) is 36.5 Å². The number of hydrogen-bond donors (Lipinski definition) is 0. The van der Waals surface area contributed by atoms with Crippen molar-refractivity contribution < 1.29 is 9.53 Å². The van der Waals surface area contributed by atoms with E-state index in [0.29, 0.717) is 6.42 Å². The topological polar surface area (TPSA) is 39.2 Å². The Labute approximate surface area is 125 Å². The first kappa shape index (κ1) is 13.8. The lowest BCUT2D eigenvalue weighted by atomic mass is 9.85. The number of Topliss-reactive ketones (excluding diaryl/α,β-unsaturated/α-hetero) is 1. The predicted octanol–water partition coefficient (Wildman–Crippen LogP) is 3.39. The molecule has 1 aliphatic rings. The van der Waals surface area contributed by atoms with Crippen molar-refractivity contribution >= 4 is 5.78 Å². The summed E-state index contributed by atoms with van der Waals surface area (Å²) in [5.41, 5.74) is 4.31. The maximum Gasteiger partial charge on any atom is 0.163 e. The van der Waals surface area contributed by atoms with Crippen LogP contribution in [-0.2, 0) is 19.3 Å². The Bertz CT molecular complexity index is 650. The molecule has 0 fully saturated rings. The number of methoxy groups -OCH3 is 1. The molecule has 0 N–H and O–H groups in total. The number of aryl methyl sites for hydroxylation is 1. The van der Waals surface area contributed by atoms with Gasteiger partial charge in [0, 0.05) is 23.9 Å². The molecule has 2 aromatic rings. The molecule has 21 heavy (non-hydrogen) atoms. The normalized spacial score (nSPS) is 13.9. The van der Waals surface area contributed by atoms with E-state index in [9.17, 15) is 4.79 Å². The van der Waals surface area contributed by atoms with Gasteiger partial charge in [0.1, 0.15) is 5.75 Å². The van der Waals surface area contributed by atoms with Gasteiger partial charge < -0.3 is 4.74 Å². The number of pyridine rings is 1. The molecule has 3 nitrogen and oxygen atoms in total. The highest BCUT2D eigenvalue weighted by molar-refractivity contribution is 5.99. The van der Waals surface area contributed by atoms with Crippen molar-refractivity contribution in [3.05, 3.63) is 58.9 Å². The molecule has 0 bridgehead atoms. The van der Waals surface area contributed by atoms with Crippen molar-refractivity contribution in [2.75, 3.05) is 7.11 Å². The van der Waals surface area contributed by atoms with Crippen molar-refractivity contribution in [2.24, 2.45) is 0 Å². The number of ketones is 1. The highest BCUT2D eigenvalue weighted by atomic mass is 16.5. The van der Waals surface area contributed by atoms with Crippen molar-refractivity contribution in [2.45, 2.75) is 32.1 Å². The van der Waals surface area contributed by atoms with Crippen LogP contribution < -0.4 is 4.74 Å². The van der Waals surface area contributed by atoms with Crippen LogP contribution >= 0.6 is 0 Å². The largest absolute Gasteiger partial charge is 0.496 e. The summed E-state index contributed by atoms with van der Waals surface area (Å²) in [6.07, 6.45) is 6.11. The maximum atomic E-state index is 12.1. The number of benzene rings is 1. The van der Waals surface area contributed by atoms with Gasteiger partial charge in [0.25, 0.3) is 0 Å². The van der Waals surface area contributed by atoms with Crippen molar-refractivity contribution in [3.63, 3.8) is 0 Å². The van der Waals surface area contributed by atoms with Crippen molar-refractivity contribution in [1.82, 2.24) is 4.98 Å². The molecule has 0 amide bonds. The molecule has 0 saturated carbocycles. The number of carbonyl (C=O) groups excluding carboxylic acids is 1. The Morgan fingerprint density at radius 2 is 2.05 bits per heavy atom. The molecule has 1 heterocycles. The van der Waals surface area contributed by atoms with Crippen LogP contribution in [0.5, 0.6) is 5.75 Å². The third-order valence-corrected chi connectivity index (χ3v) is 4.10. The molecule has 1 aromatic heterocycles. The van der Waals surface area contributed by atoms with E-state index >= 15 is 0 Å². The van der Waals surface area contributed by atoms with Crippen LogP contribution in [0.4, 0.5) is 0 Å². The summed E-state index contributed by atoms with van der Waals surface area (Å²) in [6, 6.07) is 9.80. The molecule has 0 unspecified atom stereocenters. The number of fused-ring (bicyclic) bond motifs is 1. The van der Waals surface area contributed by atoms with Crippen LogP contribution in [0.25, 0.3) is 0 Å². The van der Waals surface area contributed by atoms with E-state index in [2.05, 4.69) is 4.98 Å². The van der Waals surface area contributed by atoms with Crippen molar-refractivity contribution in [1.29, 1.82) is 0 Å². The molecule has 108 valence electrons. The average molecular weight is 281 g/mol. The van der Waals surface area contributed by atoms with E-state index in [-0.39, 0.29) is 5.78 Å². The molecule has 1 aromatic carbocycles. The lowest BCUT2D eigenvalue weighted by Crippen LogP contribution is -2.14. The number of hydrogen-bond acceptors (Lipinski definition) is 3. The Hall–Kier alpha value is -2.16. The Morgan fingerprint density at radius 3 is 2.81 bits per heavy atom. The summed E-state index contributed by atoms with van der Waals surface area (Å²) in [5.74, 6) is 1.15. The summed E-state index contributed by atoms with van der Waals surface area (Å²) < 4.78 is 5.50. The number of carbonyl (C=O) groups is 1. The zero-order chi connectivity index (χ0) is 14.7. The van der Waals surface area contributed by atoms with E-state index in [0.717, 1.165) is 42.7 Å². The Balaban J connectivity index is 1.92. The van der Waals surface area contributed by atoms with Gasteiger partial charge in [-0.05, 0) is 61.1 Å². The zero-order valence-corrected chi connectivity index (χ0v) is 12.3. The second-order valence-electron chi connectivity index (χ2n) is 5.37. The van der Waals surface area contributed by atoms with Gasteiger partial charge in [0.05, 0.1) is 7.11 Å². The fourth-order valence-corrected chi connectivity index (χ4v) is 3.04. The fourth-order valence-electron chi connectivity index (χ4n) is 3.04. The highest BCUT2D eigenvalue weighted by Gasteiger charge is 2.22. The standard InChI is InChI=1S/C18H19NO2/c1-21-18-11-10-15-14(6-4-7-17(15)20)16(18)9-8-13-5-2-3-12-19-13/h2-3,5,10-12H,4,6-9H2,1H3. The van der Waals surface area contributed by atoms with Gasteiger partial charge >= 0.3 is 0 Å². The first-order valence-corrected chi connectivity index (χ1v) is 7.41. The van der Waals surface area contributed by atoms with E-state index in [1.807, 2.05) is 36.5 Å².